The van der Waals surface area contributed by atoms with Crippen molar-refractivity contribution in [2.45, 2.75) is 6.92 Å². The number of hydrogen-bond acceptors (Lipinski definition) is 7. The first-order chi connectivity index (χ1) is 15.1. The van der Waals surface area contributed by atoms with Crippen LogP contribution in [0.1, 0.15) is 5.69 Å². The molecule has 0 saturated carbocycles. The highest BCUT2D eigenvalue weighted by atomic mass is 32.1. The molecule has 7 nitrogen and oxygen atoms in total. The minimum absolute atomic E-state index is 0.330. The van der Waals surface area contributed by atoms with Crippen LogP contribution in [0.2, 0.25) is 0 Å². The molecule has 0 aliphatic heterocycles. The van der Waals surface area contributed by atoms with Crippen LogP contribution in [0.25, 0.3) is 39.6 Å². The van der Waals surface area contributed by atoms with E-state index in [2.05, 4.69) is 15.0 Å². The summed E-state index contributed by atoms with van der Waals surface area (Å²) in [7, 11) is 0. The van der Waals surface area contributed by atoms with Gasteiger partial charge in [0.05, 0.1) is 23.1 Å². The Balaban J connectivity index is 1.60. The van der Waals surface area contributed by atoms with E-state index in [1.807, 2.05) is 71.7 Å². The van der Waals surface area contributed by atoms with Gasteiger partial charge in [-0.15, -0.1) is 11.3 Å². The predicted molar refractivity (Wildman–Crippen MR) is 125 cm³/mol. The third kappa shape index (κ3) is 3.53. The molecule has 0 spiro atoms. The zero-order valence-corrected chi connectivity index (χ0v) is 17.5. The molecule has 0 amide bonds. The largest absolute Gasteiger partial charge is 0.395 e. The van der Waals surface area contributed by atoms with Crippen LogP contribution < -0.4 is 11.5 Å². The molecular weight excluding hydrogens is 406 g/mol. The van der Waals surface area contributed by atoms with E-state index in [0.717, 1.165) is 45.3 Å². The van der Waals surface area contributed by atoms with Gasteiger partial charge in [-0.25, -0.2) is 15.0 Å². The zero-order chi connectivity index (χ0) is 21.4. The number of benzene rings is 1. The fraction of sp³-hybridized carbons (Fsp3) is 0.0435. The molecule has 8 heteroatoms. The number of pyridine rings is 2. The van der Waals surface area contributed by atoms with Crippen molar-refractivity contribution in [3.8, 4) is 39.6 Å². The van der Waals surface area contributed by atoms with Gasteiger partial charge in [-0.05, 0) is 30.7 Å². The lowest BCUT2D eigenvalue weighted by Crippen LogP contribution is -2.00. The van der Waals surface area contributed by atoms with Crippen molar-refractivity contribution in [1.82, 2.24) is 24.5 Å². The first kappa shape index (κ1) is 19.0. The average molecular weight is 426 g/mol. The fourth-order valence-corrected chi connectivity index (χ4v) is 3.93. The van der Waals surface area contributed by atoms with Gasteiger partial charge in [-0.1, -0.05) is 24.3 Å². The lowest BCUT2D eigenvalue weighted by Gasteiger charge is -2.10. The number of imidazole rings is 1. The second kappa shape index (κ2) is 7.66. The number of hydrogen-bond donors (Lipinski definition) is 2. The normalized spacial score (nSPS) is 11.0. The van der Waals surface area contributed by atoms with Gasteiger partial charge in [0.25, 0.3) is 0 Å². The Morgan fingerprint density at radius 1 is 0.871 bits per heavy atom. The van der Waals surface area contributed by atoms with E-state index in [-0.39, 0.29) is 0 Å². The number of rotatable bonds is 4. The van der Waals surface area contributed by atoms with Crippen molar-refractivity contribution in [2.24, 2.45) is 0 Å². The van der Waals surface area contributed by atoms with Gasteiger partial charge in [-0.3, -0.25) is 9.55 Å². The van der Waals surface area contributed by atoms with Gasteiger partial charge < -0.3 is 11.5 Å². The first-order valence-electron chi connectivity index (χ1n) is 9.62. The summed E-state index contributed by atoms with van der Waals surface area (Å²) in [5, 5.41) is 1.99. The molecule has 1 aromatic carbocycles. The average Bonchev–Trinajstić information content (AvgIpc) is 3.47. The van der Waals surface area contributed by atoms with Crippen molar-refractivity contribution >= 4 is 22.8 Å². The molecule has 31 heavy (non-hydrogen) atoms. The van der Waals surface area contributed by atoms with E-state index in [4.69, 9.17) is 16.5 Å². The molecular formula is C23H19N7S. The van der Waals surface area contributed by atoms with Crippen LogP contribution in [0, 0.1) is 6.92 Å². The van der Waals surface area contributed by atoms with E-state index in [0.29, 0.717) is 11.5 Å². The van der Waals surface area contributed by atoms with Crippen molar-refractivity contribution in [3.05, 3.63) is 77.6 Å². The highest BCUT2D eigenvalue weighted by Crippen LogP contribution is 2.32. The molecule has 0 radical (unpaired) electrons. The number of thiazole rings is 1. The van der Waals surface area contributed by atoms with E-state index in [9.17, 15) is 0 Å². The molecule has 0 fully saturated rings. The van der Waals surface area contributed by atoms with E-state index in [1.54, 1.807) is 23.0 Å². The second-order valence-corrected chi connectivity index (χ2v) is 7.80. The summed E-state index contributed by atoms with van der Waals surface area (Å²) in [6.45, 7) is 1.97. The lowest BCUT2D eigenvalue weighted by atomic mass is 10.0. The van der Waals surface area contributed by atoms with Crippen LogP contribution in [0.4, 0.5) is 11.5 Å². The fourth-order valence-electron chi connectivity index (χ4n) is 3.39. The van der Waals surface area contributed by atoms with Crippen molar-refractivity contribution < 1.29 is 0 Å². The molecule has 0 aliphatic carbocycles. The van der Waals surface area contributed by atoms with E-state index >= 15 is 0 Å². The number of aromatic nitrogens is 5. The highest BCUT2D eigenvalue weighted by Gasteiger charge is 2.15. The third-order valence-electron chi connectivity index (χ3n) is 5.05. The summed E-state index contributed by atoms with van der Waals surface area (Å²) in [5.74, 6) is 1.14. The van der Waals surface area contributed by atoms with Gasteiger partial charge in [0.1, 0.15) is 23.0 Å². The molecule has 0 bridgehead atoms. The SMILES string of the molecule is Cc1ccc(-n2cc(-c3cscn3)nc2-c2ccc(-c3ccnc(N)c3N)cc2)cn1. The van der Waals surface area contributed by atoms with Crippen LogP contribution in [0.5, 0.6) is 0 Å². The Kier molecular flexibility index (Phi) is 4.68. The predicted octanol–water partition coefficient (Wildman–Crippen LogP) is 4.59. The number of nitrogen functional groups attached to an aromatic ring is 2. The summed E-state index contributed by atoms with van der Waals surface area (Å²) in [6, 6.07) is 14.0. The van der Waals surface area contributed by atoms with E-state index in [1.165, 1.54) is 0 Å². The maximum Gasteiger partial charge on any atom is 0.147 e. The van der Waals surface area contributed by atoms with Crippen LogP contribution >= 0.6 is 11.3 Å². The highest BCUT2D eigenvalue weighted by molar-refractivity contribution is 7.07. The minimum Gasteiger partial charge on any atom is -0.395 e. The van der Waals surface area contributed by atoms with Crippen LogP contribution in [0.15, 0.2) is 71.9 Å². The van der Waals surface area contributed by atoms with Crippen LogP contribution in [-0.4, -0.2) is 24.5 Å². The molecule has 4 aromatic heterocycles. The minimum atomic E-state index is 0.330. The molecule has 4 heterocycles. The topological polar surface area (TPSA) is 109 Å². The summed E-state index contributed by atoms with van der Waals surface area (Å²) in [6.07, 6.45) is 5.50. The van der Waals surface area contributed by atoms with E-state index < -0.39 is 0 Å². The summed E-state index contributed by atoms with van der Waals surface area (Å²) in [4.78, 5) is 17.8. The quantitative estimate of drug-likeness (QED) is 0.436. The van der Waals surface area contributed by atoms with Crippen molar-refractivity contribution in [3.63, 3.8) is 0 Å². The Hall–Kier alpha value is -4.04. The molecule has 0 unspecified atom stereocenters. The molecule has 5 rings (SSSR count). The van der Waals surface area contributed by atoms with Gasteiger partial charge in [0.15, 0.2) is 0 Å². The van der Waals surface area contributed by atoms with Gasteiger partial charge in [-0.2, -0.15) is 0 Å². The van der Waals surface area contributed by atoms with Gasteiger partial charge >= 0.3 is 0 Å². The molecule has 0 saturated heterocycles. The molecule has 5 aromatic rings. The van der Waals surface area contributed by atoms with Crippen molar-refractivity contribution in [2.75, 3.05) is 11.5 Å². The summed E-state index contributed by atoms with van der Waals surface area (Å²) >= 11 is 1.55. The maximum atomic E-state index is 6.12. The first-order valence-corrected chi connectivity index (χ1v) is 10.6. The maximum absolute atomic E-state index is 6.12. The van der Waals surface area contributed by atoms with Crippen LogP contribution in [-0.2, 0) is 0 Å². The molecule has 152 valence electrons. The summed E-state index contributed by atoms with van der Waals surface area (Å²) < 4.78 is 2.04. The molecule has 0 atom stereocenters. The molecule has 0 aliphatic rings. The zero-order valence-electron chi connectivity index (χ0n) is 16.7. The lowest BCUT2D eigenvalue weighted by molar-refractivity contribution is 1.04. The Morgan fingerprint density at radius 2 is 1.68 bits per heavy atom. The Bertz CT molecular complexity index is 1340. The summed E-state index contributed by atoms with van der Waals surface area (Å²) in [5.41, 5.74) is 20.6. The number of nitrogens with zero attached hydrogens (tertiary/aromatic N) is 5. The number of nitrogens with two attached hydrogens (primary N) is 2. The van der Waals surface area contributed by atoms with Gasteiger partial charge in [0.2, 0.25) is 0 Å². The smallest absolute Gasteiger partial charge is 0.147 e. The Morgan fingerprint density at radius 3 is 2.39 bits per heavy atom. The van der Waals surface area contributed by atoms with Gasteiger partial charge in [0, 0.05) is 34.6 Å². The second-order valence-electron chi connectivity index (χ2n) is 7.09. The third-order valence-corrected chi connectivity index (χ3v) is 5.64. The standard InChI is InChI=1S/C23H19N7S/c1-14-2-7-17(10-27-14)30-11-19(20-12-31-13-28-20)29-23(30)16-5-3-15(4-6-16)18-8-9-26-22(25)21(18)24/h2-13H,24H2,1H3,(H2,25,26). The number of anilines is 2. The number of aryl methyl sites for hydroxylation is 1. The van der Waals surface area contributed by atoms with Crippen molar-refractivity contribution in [1.29, 1.82) is 0 Å². The van der Waals surface area contributed by atoms with Crippen LogP contribution in [0.3, 0.4) is 0 Å². The molecule has 4 N–H and O–H groups in total. The monoisotopic (exact) mass is 425 g/mol. The Labute approximate surface area is 183 Å².